The lowest BCUT2D eigenvalue weighted by molar-refractivity contribution is -0.137. The van der Waals surface area contributed by atoms with E-state index in [2.05, 4.69) is 24.0 Å². The summed E-state index contributed by atoms with van der Waals surface area (Å²) in [6.45, 7) is 2.70. The Balaban J connectivity index is 1.86. The second kappa shape index (κ2) is 7.14. The summed E-state index contributed by atoms with van der Waals surface area (Å²) in [5.41, 5.74) is 3.32. The highest BCUT2D eigenvalue weighted by Crippen LogP contribution is 2.32. The van der Waals surface area contributed by atoms with Crippen molar-refractivity contribution in [3.05, 3.63) is 65.5 Å². The van der Waals surface area contributed by atoms with Crippen LogP contribution in [-0.4, -0.2) is 40.8 Å². The monoisotopic (exact) mass is 323 g/mol. The molecule has 24 heavy (non-hydrogen) atoms. The highest BCUT2D eigenvalue weighted by Gasteiger charge is 2.37. The van der Waals surface area contributed by atoms with E-state index in [4.69, 9.17) is 0 Å². The fourth-order valence-electron chi connectivity index (χ4n) is 3.12. The zero-order valence-electron chi connectivity index (χ0n) is 14.6. The van der Waals surface area contributed by atoms with Crippen molar-refractivity contribution in [2.75, 3.05) is 14.1 Å². The van der Waals surface area contributed by atoms with Gasteiger partial charge in [0, 0.05) is 25.0 Å². The lowest BCUT2D eigenvalue weighted by Gasteiger charge is -2.31. The first-order valence-corrected chi connectivity index (χ1v) is 8.48. The number of carbonyl (C=O) groups excluding carboxylic acids is 1. The van der Waals surface area contributed by atoms with Crippen LogP contribution in [0, 0.1) is 6.92 Å². The molecule has 0 aliphatic heterocycles. The molecule has 0 unspecified atom stereocenters. The number of aryl methyl sites for hydroxylation is 1. The van der Waals surface area contributed by atoms with E-state index < -0.39 is 0 Å². The molecule has 4 heteroatoms. The minimum atomic E-state index is -0.248. The Labute approximate surface area is 144 Å². The summed E-state index contributed by atoms with van der Waals surface area (Å²) in [6, 6.07) is 12.3. The number of hydrogen-bond acceptors (Lipinski definition) is 3. The molecule has 3 rings (SSSR count). The van der Waals surface area contributed by atoms with Gasteiger partial charge < -0.3 is 4.90 Å². The number of benzene rings is 1. The molecular formula is C20H25N3O. The first-order valence-electron chi connectivity index (χ1n) is 8.48. The average Bonchev–Trinajstić information content (AvgIpc) is 3.38. The van der Waals surface area contributed by atoms with Crippen molar-refractivity contribution in [2.24, 2.45) is 0 Å². The molecule has 1 saturated carbocycles. The average molecular weight is 323 g/mol. The molecule has 1 atom stereocenters. The zero-order chi connectivity index (χ0) is 17.1. The first kappa shape index (κ1) is 16.7. The summed E-state index contributed by atoms with van der Waals surface area (Å²) < 4.78 is 0. The normalized spacial score (nSPS) is 15.3. The Kier molecular flexibility index (Phi) is 4.95. The third kappa shape index (κ3) is 3.82. The third-order valence-corrected chi connectivity index (χ3v) is 4.45. The maximum atomic E-state index is 13.3. The molecule has 1 aromatic heterocycles. The molecule has 1 amide bonds. The van der Waals surface area contributed by atoms with Crippen LogP contribution in [0.3, 0.4) is 0 Å². The van der Waals surface area contributed by atoms with Gasteiger partial charge in [-0.05, 0) is 51.1 Å². The number of rotatable bonds is 6. The molecule has 0 spiro atoms. The van der Waals surface area contributed by atoms with Gasteiger partial charge in [-0.1, -0.05) is 35.9 Å². The van der Waals surface area contributed by atoms with Crippen LogP contribution in [0.15, 0.2) is 48.8 Å². The summed E-state index contributed by atoms with van der Waals surface area (Å²) >= 11 is 0. The van der Waals surface area contributed by atoms with Crippen molar-refractivity contribution >= 4 is 5.91 Å². The van der Waals surface area contributed by atoms with Gasteiger partial charge in [0.05, 0.1) is 0 Å². The van der Waals surface area contributed by atoms with E-state index >= 15 is 0 Å². The number of hydrogen-bond donors (Lipinski definition) is 0. The summed E-state index contributed by atoms with van der Waals surface area (Å²) in [4.78, 5) is 21.6. The summed E-state index contributed by atoms with van der Waals surface area (Å²) in [5.74, 6) is 0.178. The van der Waals surface area contributed by atoms with E-state index in [1.54, 1.807) is 6.20 Å². The van der Waals surface area contributed by atoms with Crippen LogP contribution in [0.1, 0.15) is 35.6 Å². The number of amides is 1. The quantitative estimate of drug-likeness (QED) is 0.819. The Morgan fingerprint density at radius 1 is 1.25 bits per heavy atom. The predicted octanol–water partition coefficient (Wildman–Crippen LogP) is 3.18. The van der Waals surface area contributed by atoms with Crippen LogP contribution >= 0.6 is 0 Å². The van der Waals surface area contributed by atoms with E-state index in [0.717, 1.165) is 24.0 Å². The van der Waals surface area contributed by atoms with E-state index in [-0.39, 0.29) is 11.9 Å². The molecule has 1 fully saturated rings. The molecule has 1 heterocycles. The van der Waals surface area contributed by atoms with Crippen LogP contribution in [0.2, 0.25) is 0 Å². The van der Waals surface area contributed by atoms with Gasteiger partial charge in [0.25, 0.3) is 0 Å². The third-order valence-electron chi connectivity index (χ3n) is 4.45. The summed E-state index contributed by atoms with van der Waals surface area (Å²) in [5, 5.41) is 0. The Bertz CT molecular complexity index is 695. The molecule has 4 nitrogen and oxygen atoms in total. The topological polar surface area (TPSA) is 36.4 Å². The molecule has 0 N–H and O–H groups in total. The lowest BCUT2D eigenvalue weighted by atomic mass is 10.0. The Morgan fingerprint density at radius 3 is 2.62 bits per heavy atom. The lowest BCUT2D eigenvalue weighted by Crippen LogP contribution is -2.41. The van der Waals surface area contributed by atoms with Gasteiger partial charge in [0.15, 0.2) is 0 Å². The van der Waals surface area contributed by atoms with Gasteiger partial charge in [-0.3, -0.25) is 14.7 Å². The largest absolute Gasteiger partial charge is 0.334 e. The number of pyridine rings is 1. The highest BCUT2D eigenvalue weighted by atomic mass is 16.2. The molecule has 126 valence electrons. The number of nitrogens with zero attached hydrogens (tertiary/aromatic N) is 3. The summed E-state index contributed by atoms with van der Waals surface area (Å²) in [7, 11) is 3.94. The molecule has 0 bridgehead atoms. The molecular weight excluding hydrogens is 298 g/mol. The molecule has 0 radical (unpaired) electrons. The van der Waals surface area contributed by atoms with Gasteiger partial charge >= 0.3 is 0 Å². The highest BCUT2D eigenvalue weighted by molar-refractivity contribution is 5.84. The number of aromatic nitrogens is 1. The van der Waals surface area contributed by atoms with Gasteiger partial charge in [-0.15, -0.1) is 0 Å². The van der Waals surface area contributed by atoms with Crippen LogP contribution in [0.25, 0.3) is 0 Å². The second-order valence-electron chi connectivity index (χ2n) is 6.84. The maximum absolute atomic E-state index is 13.3. The number of carbonyl (C=O) groups is 1. The second-order valence-corrected chi connectivity index (χ2v) is 6.84. The van der Waals surface area contributed by atoms with Crippen LogP contribution in [-0.2, 0) is 11.3 Å². The molecule has 0 saturated heterocycles. The Morgan fingerprint density at radius 2 is 2.04 bits per heavy atom. The predicted molar refractivity (Wildman–Crippen MR) is 95.4 cm³/mol. The minimum absolute atomic E-state index is 0.178. The van der Waals surface area contributed by atoms with Gasteiger partial charge in [-0.25, -0.2) is 0 Å². The number of likely N-dealkylation sites (N-methyl/N-ethyl adjacent to an activating group) is 1. The molecule has 1 aliphatic carbocycles. The van der Waals surface area contributed by atoms with E-state index in [1.165, 1.54) is 5.56 Å². The summed E-state index contributed by atoms with van der Waals surface area (Å²) in [6.07, 6.45) is 5.81. The molecule has 1 aliphatic rings. The van der Waals surface area contributed by atoms with Crippen molar-refractivity contribution in [3.63, 3.8) is 0 Å². The smallest absolute Gasteiger partial charge is 0.245 e. The van der Waals surface area contributed by atoms with Gasteiger partial charge in [0.2, 0.25) is 5.91 Å². The standard InChI is InChI=1S/C20H25N3O/c1-15-6-4-8-17(12-15)19(22(2)3)20(24)23(18-9-10-18)14-16-7-5-11-21-13-16/h4-8,11-13,18-19H,9-10,14H2,1-3H3/t19-/m0/s1. The maximum Gasteiger partial charge on any atom is 0.245 e. The van der Waals surface area contributed by atoms with Crippen molar-refractivity contribution in [2.45, 2.75) is 38.4 Å². The molecule has 1 aromatic carbocycles. The van der Waals surface area contributed by atoms with E-state index in [9.17, 15) is 4.79 Å². The van der Waals surface area contributed by atoms with Crippen molar-refractivity contribution in [3.8, 4) is 0 Å². The van der Waals surface area contributed by atoms with Gasteiger partial charge in [-0.2, -0.15) is 0 Å². The van der Waals surface area contributed by atoms with Crippen LogP contribution in [0.5, 0.6) is 0 Å². The van der Waals surface area contributed by atoms with Crippen LogP contribution < -0.4 is 0 Å². The van der Waals surface area contributed by atoms with Crippen LogP contribution in [0.4, 0.5) is 0 Å². The van der Waals surface area contributed by atoms with Crippen molar-refractivity contribution in [1.29, 1.82) is 0 Å². The van der Waals surface area contributed by atoms with Crippen molar-refractivity contribution < 1.29 is 4.79 Å². The molecule has 2 aromatic rings. The SMILES string of the molecule is Cc1cccc([C@@H](C(=O)N(Cc2cccnc2)C2CC2)N(C)C)c1. The van der Waals surface area contributed by atoms with E-state index in [1.807, 2.05) is 54.4 Å². The zero-order valence-corrected chi connectivity index (χ0v) is 14.6. The van der Waals surface area contributed by atoms with Crippen molar-refractivity contribution in [1.82, 2.24) is 14.8 Å². The van der Waals surface area contributed by atoms with Gasteiger partial charge in [0.1, 0.15) is 6.04 Å². The fourth-order valence-corrected chi connectivity index (χ4v) is 3.12. The van der Waals surface area contributed by atoms with E-state index in [0.29, 0.717) is 12.6 Å². The Hall–Kier alpha value is -2.20. The fraction of sp³-hybridized carbons (Fsp3) is 0.400. The first-order chi connectivity index (χ1) is 11.6. The minimum Gasteiger partial charge on any atom is -0.334 e.